The summed E-state index contributed by atoms with van der Waals surface area (Å²) in [7, 11) is 2.02. The predicted molar refractivity (Wildman–Crippen MR) is 76.3 cm³/mol. The molecule has 100 valence electrons. The van der Waals surface area contributed by atoms with Crippen LogP contribution in [0.4, 0.5) is 17.5 Å². The number of aromatic nitrogens is 3. The maximum Gasteiger partial charge on any atom is 0.205 e. The van der Waals surface area contributed by atoms with Crippen LogP contribution in [0.5, 0.6) is 0 Å². The molecule has 2 aromatic rings. The average molecular weight is 258 g/mol. The van der Waals surface area contributed by atoms with E-state index in [0.29, 0.717) is 0 Å². The van der Waals surface area contributed by atoms with Crippen LogP contribution in [0.1, 0.15) is 0 Å². The molecular formula is C13H18N6. The molecule has 0 aliphatic carbocycles. The lowest BCUT2D eigenvalue weighted by Gasteiger charge is -2.36. The zero-order valence-electron chi connectivity index (χ0n) is 11.0. The van der Waals surface area contributed by atoms with Crippen LogP contribution < -0.4 is 15.5 Å². The Morgan fingerprint density at radius 3 is 2.42 bits per heavy atom. The van der Waals surface area contributed by atoms with Crippen LogP contribution in [0.15, 0.2) is 30.7 Å². The first-order chi connectivity index (χ1) is 9.25. The van der Waals surface area contributed by atoms with Crippen molar-refractivity contribution in [2.75, 3.05) is 41.7 Å². The third-order valence-electron chi connectivity index (χ3n) is 3.47. The van der Waals surface area contributed by atoms with Gasteiger partial charge in [-0.1, -0.05) is 0 Å². The van der Waals surface area contributed by atoms with Crippen LogP contribution >= 0.6 is 0 Å². The smallest absolute Gasteiger partial charge is 0.205 e. The van der Waals surface area contributed by atoms with Crippen molar-refractivity contribution in [3.8, 4) is 0 Å². The van der Waals surface area contributed by atoms with Gasteiger partial charge in [0.2, 0.25) is 5.95 Å². The number of nitrogens with zero attached hydrogens (tertiary/aromatic N) is 5. The minimum absolute atomic E-state index is 0.743. The van der Waals surface area contributed by atoms with Crippen molar-refractivity contribution in [1.82, 2.24) is 14.5 Å². The van der Waals surface area contributed by atoms with Gasteiger partial charge in [0.05, 0.1) is 5.69 Å². The molecule has 1 saturated heterocycles. The normalized spacial score (nSPS) is 15.8. The lowest BCUT2D eigenvalue weighted by atomic mass is 10.3. The highest BCUT2D eigenvalue weighted by atomic mass is 15.4. The van der Waals surface area contributed by atoms with Crippen molar-refractivity contribution >= 4 is 17.5 Å². The number of imidazole rings is 1. The summed E-state index contributed by atoms with van der Waals surface area (Å²) >= 11 is 0. The van der Waals surface area contributed by atoms with Crippen LogP contribution in [-0.2, 0) is 7.05 Å². The molecule has 0 aromatic carbocycles. The molecule has 6 nitrogen and oxygen atoms in total. The van der Waals surface area contributed by atoms with Gasteiger partial charge in [0, 0.05) is 51.8 Å². The molecule has 0 bridgehead atoms. The van der Waals surface area contributed by atoms with Gasteiger partial charge in [-0.25, -0.2) is 9.97 Å². The summed E-state index contributed by atoms with van der Waals surface area (Å²) in [5, 5.41) is 0. The van der Waals surface area contributed by atoms with Gasteiger partial charge in [0.15, 0.2) is 5.82 Å². The molecule has 1 aliphatic rings. The first kappa shape index (κ1) is 11.8. The highest BCUT2D eigenvalue weighted by Crippen LogP contribution is 2.21. The van der Waals surface area contributed by atoms with E-state index in [2.05, 4.69) is 19.8 Å². The third-order valence-corrected chi connectivity index (χ3v) is 3.47. The number of nitrogen functional groups attached to an aromatic ring is 1. The number of piperazine rings is 1. The van der Waals surface area contributed by atoms with E-state index in [4.69, 9.17) is 5.73 Å². The van der Waals surface area contributed by atoms with E-state index in [1.807, 2.05) is 36.1 Å². The first-order valence-corrected chi connectivity index (χ1v) is 6.43. The Balaban J connectivity index is 1.70. The number of hydrogen-bond acceptors (Lipinski definition) is 5. The summed E-state index contributed by atoms with van der Waals surface area (Å²) < 4.78 is 2.05. The number of nitrogens with two attached hydrogens (primary N) is 1. The van der Waals surface area contributed by atoms with E-state index >= 15 is 0 Å². The Kier molecular flexibility index (Phi) is 2.98. The summed E-state index contributed by atoms with van der Waals surface area (Å²) in [4.78, 5) is 13.3. The van der Waals surface area contributed by atoms with Crippen molar-refractivity contribution < 1.29 is 0 Å². The van der Waals surface area contributed by atoms with E-state index in [1.165, 1.54) is 0 Å². The Labute approximate surface area is 112 Å². The highest BCUT2D eigenvalue weighted by molar-refractivity contribution is 5.62. The SMILES string of the molecule is Cn1ccnc1N1CCN(c2ncccc2N)CC1. The number of anilines is 3. The highest BCUT2D eigenvalue weighted by Gasteiger charge is 2.21. The number of rotatable bonds is 2. The molecule has 3 rings (SSSR count). The quantitative estimate of drug-likeness (QED) is 0.860. The summed E-state index contributed by atoms with van der Waals surface area (Å²) in [5.41, 5.74) is 6.71. The van der Waals surface area contributed by atoms with Gasteiger partial charge >= 0.3 is 0 Å². The topological polar surface area (TPSA) is 63.2 Å². The van der Waals surface area contributed by atoms with E-state index in [9.17, 15) is 0 Å². The third kappa shape index (κ3) is 2.21. The fourth-order valence-electron chi connectivity index (χ4n) is 2.45. The fraction of sp³-hybridized carbons (Fsp3) is 0.385. The van der Waals surface area contributed by atoms with Crippen LogP contribution in [0, 0.1) is 0 Å². The Bertz CT molecular complexity index is 556. The molecule has 6 heteroatoms. The Morgan fingerprint density at radius 2 is 1.79 bits per heavy atom. The van der Waals surface area contributed by atoms with Crippen molar-refractivity contribution in [2.45, 2.75) is 0 Å². The summed E-state index contributed by atoms with van der Waals surface area (Å²) in [5.74, 6) is 1.91. The van der Waals surface area contributed by atoms with Crippen LogP contribution in [0.2, 0.25) is 0 Å². The van der Waals surface area contributed by atoms with Gasteiger partial charge in [-0.15, -0.1) is 0 Å². The fourth-order valence-corrected chi connectivity index (χ4v) is 2.45. The molecule has 0 unspecified atom stereocenters. The molecule has 2 aromatic heterocycles. The molecule has 0 spiro atoms. The molecule has 0 saturated carbocycles. The molecule has 3 heterocycles. The van der Waals surface area contributed by atoms with Gasteiger partial charge < -0.3 is 20.1 Å². The molecular weight excluding hydrogens is 240 g/mol. The van der Waals surface area contributed by atoms with Gasteiger partial charge in [-0.05, 0) is 12.1 Å². The number of aryl methyl sites for hydroxylation is 1. The van der Waals surface area contributed by atoms with Crippen molar-refractivity contribution in [1.29, 1.82) is 0 Å². The summed E-state index contributed by atoms with van der Waals surface area (Å²) in [6.07, 6.45) is 5.59. The van der Waals surface area contributed by atoms with Gasteiger partial charge in [0.1, 0.15) is 0 Å². The van der Waals surface area contributed by atoms with E-state index in [0.717, 1.165) is 43.6 Å². The second-order valence-electron chi connectivity index (χ2n) is 4.73. The molecule has 0 amide bonds. The summed E-state index contributed by atoms with van der Waals surface area (Å²) in [6, 6.07) is 3.76. The van der Waals surface area contributed by atoms with E-state index in [1.54, 1.807) is 6.20 Å². The second kappa shape index (κ2) is 4.79. The van der Waals surface area contributed by atoms with Crippen LogP contribution in [0.3, 0.4) is 0 Å². The van der Waals surface area contributed by atoms with Gasteiger partial charge in [-0.3, -0.25) is 0 Å². The first-order valence-electron chi connectivity index (χ1n) is 6.43. The zero-order chi connectivity index (χ0) is 13.2. The molecule has 1 fully saturated rings. The van der Waals surface area contributed by atoms with Gasteiger partial charge in [0.25, 0.3) is 0 Å². The van der Waals surface area contributed by atoms with Crippen molar-refractivity contribution in [3.63, 3.8) is 0 Å². The minimum atomic E-state index is 0.743. The maximum atomic E-state index is 5.97. The monoisotopic (exact) mass is 258 g/mol. The van der Waals surface area contributed by atoms with Crippen molar-refractivity contribution in [2.24, 2.45) is 7.05 Å². The van der Waals surface area contributed by atoms with E-state index in [-0.39, 0.29) is 0 Å². The molecule has 0 atom stereocenters. The number of hydrogen-bond donors (Lipinski definition) is 1. The van der Waals surface area contributed by atoms with Crippen LogP contribution in [-0.4, -0.2) is 40.7 Å². The maximum absolute atomic E-state index is 5.97. The molecule has 1 aliphatic heterocycles. The minimum Gasteiger partial charge on any atom is -0.396 e. The molecule has 19 heavy (non-hydrogen) atoms. The average Bonchev–Trinajstić information content (AvgIpc) is 2.86. The van der Waals surface area contributed by atoms with Gasteiger partial charge in [-0.2, -0.15) is 0 Å². The lowest BCUT2D eigenvalue weighted by Crippen LogP contribution is -2.47. The van der Waals surface area contributed by atoms with E-state index < -0.39 is 0 Å². The number of pyridine rings is 1. The second-order valence-corrected chi connectivity index (χ2v) is 4.73. The standard InChI is InChI=1S/C13H18N6/c1-17-6-5-16-13(17)19-9-7-18(8-10-19)12-11(14)3-2-4-15-12/h2-6H,7-10,14H2,1H3. The van der Waals surface area contributed by atoms with Crippen LogP contribution in [0.25, 0.3) is 0 Å². The molecule has 0 radical (unpaired) electrons. The Morgan fingerprint density at radius 1 is 1.05 bits per heavy atom. The molecule has 2 N–H and O–H groups in total. The van der Waals surface area contributed by atoms with Crippen molar-refractivity contribution in [3.05, 3.63) is 30.7 Å². The largest absolute Gasteiger partial charge is 0.396 e. The summed E-state index contributed by atoms with van der Waals surface area (Å²) in [6.45, 7) is 3.68. The lowest BCUT2D eigenvalue weighted by molar-refractivity contribution is 0.626. The Hall–Kier alpha value is -2.24. The predicted octanol–water partition coefficient (Wildman–Crippen LogP) is 0.724. The zero-order valence-corrected chi connectivity index (χ0v) is 11.0.